The Morgan fingerprint density at radius 1 is 1.29 bits per heavy atom. The van der Waals surface area contributed by atoms with E-state index in [-0.39, 0.29) is 5.91 Å². The monoisotopic (exact) mass is 395 g/mol. The van der Waals surface area contributed by atoms with Gasteiger partial charge in [-0.25, -0.2) is 4.98 Å². The van der Waals surface area contributed by atoms with Crippen molar-refractivity contribution in [3.05, 3.63) is 52.1 Å². The van der Waals surface area contributed by atoms with Gasteiger partial charge in [0.1, 0.15) is 0 Å². The van der Waals surface area contributed by atoms with Crippen LogP contribution in [0.3, 0.4) is 0 Å². The number of rotatable bonds is 3. The van der Waals surface area contributed by atoms with Crippen LogP contribution in [0.25, 0.3) is 0 Å². The minimum atomic E-state index is 0.168. The quantitative estimate of drug-likeness (QED) is 0.750. The highest BCUT2D eigenvalue weighted by Gasteiger charge is 2.24. The first-order valence-corrected chi connectivity index (χ1v) is 8.31. The van der Waals surface area contributed by atoms with Gasteiger partial charge in [-0.05, 0) is 53.5 Å². The summed E-state index contributed by atoms with van der Waals surface area (Å²) in [6, 6.07) is 7.80. The van der Waals surface area contributed by atoms with Crippen molar-refractivity contribution >= 4 is 28.5 Å². The van der Waals surface area contributed by atoms with Crippen LogP contribution in [0.2, 0.25) is 0 Å². The Labute approximate surface area is 138 Å². The lowest BCUT2D eigenvalue weighted by atomic mass is 9.96. The second kappa shape index (κ2) is 6.60. The largest absolute Gasteiger partial charge is 0.339 e. The van der Waals surface area contributed by atoms with Gasteiger partial charge < -0.3 is 9.47 Å². The van der Waals surface area contributed by atoms with E-state index in [1.165, 1.54) is 0 Å². The molecule has 5 heteroatoms. The van der Waals surface area contributed by atoms with Crippen molar-refractivity contribution < 1.29 is 4.79 Å². The number of likely N-dealkylation sites (tertiary alicyclic amines) is 1. The van der Waals surface area contributed by atoms with E-state index in [0.717, 1.165) is 41.6 Å². The number of carbonyl (C=O) groups excluding carboxylic acids is 1. The Kier molecular flexibility index (Phi) is 4.57. The van der Waals surface area contributed by atoms with E-state index in [2.05, 4.69) is 32.1 Å². The number of hydrogen-bond acceptors (Lipinski definition) is 2. The minimum absolute atomic E-state index is 0.168. The van der Waals surface area contributed by atoms with Gasteiger partial charge in [0.05, 0.1) is 11.9 Å². The Morgan fingerprint density at radius 2 is 2.05 bits per heavy atom. The minimum Gasteiger partial charge on any atom is -0.339 e. The second-order valence-electron chi connectivity index (χ2n) is 5.47. The molecule has 2 heterocycles. The van der Waals surface area contributed by atoms with E-state index in [9.17, 15) is 4.79 Å². The van der Waals surface area contributed by atoms with Gasteiger partial charge in [0.15, 0.2) is 0 Å². The van der Waals surface area contributed by atoms with E-state index in [4.69, 9.17) is 0 Å². The molecule has 1 aliphatic heterocycles. The summed E-state index contributed by atoms with van der Waals surface area (Å²) in [5.74, 6) is 0.805. The summed E-state index contributed by atoms with van der Waals surface area (Å²) in [4.78, 5) is 18.6. The zero-order valence-electron chi connectivity index (χ0n) is 11.8. The summed E-state index contributed by atoms with van der Waals surface area (Å²) in [6.07, 6.45) is 7.81. The van der Waals surface area contributed by atoms with Gasteiger partial charge >= 0.3 is 0 Å². The van der Waals surface area contributed by atoms with Gasteiger partial charge in [0.2, 0.25) is 0 Å². The van der Waals surface area contributed by atoms with E-state index >= 15 is 0 Å². The molecule has 1 aromatic heterocycles. The maximum atomic E-state index is 12.6. The molecule has 0 radical (unpaired) electrons. The van der Waals surface area contributed by atoms with Crippen molar-refractivity contribution in [1.82, 2.24) is 14.5 Å². The summed E-state index contributed by atoms with van der Waals surface area (Å²) < 4.78 is 3.16. The normalized spacial score (nSPS) is 16.1. The number of benzene rings is 1. The summed E-state index contributed by atoms with van der Waals surface area (Å²) in [5, 5.41) is 0. The van der Waals surface area contributed by atoms with Crippen LogP contribution in [-0.2, 0) is 6.54 Å². The van der Waals surface area contributed by atoms with Crippen molar-refractivity contribution in [1.29, 1.82) is 0 Å². The number of nitrogens with zero attached hydrogens (tertiary/aromatic N) is 3. The third-order valence-electron chi connectivity index (χ3n) is 4.03. The number of hydrogen-bond donors (Lipinski definition) is 0. The van der Waals surface area contributed by atoms with Crippen LogP contribution in [-0.4, -0.2) is 33.4 Å². The fourth-order valence-corrected chi connectivity index (χ4v) is 3.43. The zero-order valence-corrected chi connectivity index (χ0v) is 13.9. The summed E-state index contributed by atoms with van der Waals surface area (Å²) >= 11 is 2.23. The molecule has 0 spiro atoms. The van der Waals surface area contributed by atoms with E-state index < -0.39 is 0 Å². The van der Waals surface area contributed by atoms with Crippen LogP contribution in [0.15, 0.2) is 43.0 Å². The van der Waals surface area contributed by atoms with Gasteiger partial charge in [-0.1, -0.05) is 12.1 Å². The molecule has 0 N–H and O–H groups in total. The molecule has 0 bridgehead atoms. The number of aromatic nitrogens is 2. The zero-order chi connectivity index (χ0) is 14.7. The van der Waals surface area contributed by atoms with Crippen LogP contribution < -0.4 is 0 Å². The number of piperidine rings is 1. The molecule has 3 rings (SSSR count). The first kappa shape index (κ1) is 14.6. The second-order valence-corrected chi connectivity index (χ2v) is 6.64. The molecular formula is C16H18IN3O. The van der Waals surface area contributed by atoms with Gasteiger partial charge in [-0.2, -0.15) is 0 Å². The SMILES string of the molecule is O=C(c1ccccc1I)N1CCC(Cn2ccnc2)CC1. The average Bonchev–Trinajstić information content (AvgIpc) is 3.01. The molecule has 1 amide bonds. The van der Waals surface area contributed by atoms with Crippen LogP contribution in [0.5, 0.6) is 0 Å². The van der Waals surface area contributed by atoms with Crippen molar-refractivity contribution in [2.24, 2.45) is 5.92 Å². The fourth-order valence-electron chi connectivity index (χ4n) is 2.82. The van der Waals surface area contributed by atoms with Gasteiger partial charge in [0.25, 0.3) is 5.91 Å². The molecule has 1 aromatic carbocycles. The third kappa shape index (κ3) is 3.45. The maximum absolute atomic E-state index is 12.6. The highest BCUT2D eigenvalue weighted by Crippen LogP contribution is 2.22. The number of carbonyl (C=O) groups is 1. The number of amides is 1. The van der Waals surface area contributed by atoms with Gasteiger partial charge in [-0.3, -0.25) is 4.79 Å². The van der Waals surface area contributed by atoms with E-state index in [1.807, 2.05) is 47.9 Å². The van der Waals surface area contributed by atoms with Crippen molar-refractivity contribution in [3.63, 3.8) is 0 Å². The molecule has 2 aromatic rings. The molecule has 0 aliphatic carbocycles. The Balaban J connectivity index is 1.58. The Morgan fingerprint density at radius 3 is 2.71 bits per heavy atom. The molecule has 4 nitrogen and oxygen atoms in total. The lowest BCUT2D eigenvalue weighted by Crippen LogP contribution is -2.39. The first-order valence-electron chi connectivity index (χ1n) is 7.23. The van der Waals surface area contributed by atoms with Crippen molar-refractivity contribution in [2.75, 3.05) is 13.1 Å². The summed E-state index contributed by atoms with van der Waals surface area (Å²) in [5.41, 5.74) is 0.825. The molecular weight excluding hydrogens is 377 g/mol. The molecule has 0 atom stereocenters. The van der Waals surface area contributed by atoms with Gasteiger partial charge in [-0.15, -0.1) is 0 Å². The lowest BCUT2D eigenvalue weighted by molar-refractivity contribution is 0.0682. The smallest absolute Gasteiger partial charge is 0.254 e. The number of halogens is 1. The highest BCUT2D eigenvalue weighted by atomic mass is 127. The molecule has 1 aliphatic rings. The molecule has 21 heavy (non-hydrogen) atoms. The average molecular weight is 395 g/mol. The lowest BCUT2D eigenvalue weighted by Gasteiger charge is -2.32. The third-order valence-corrected chi connectivity index (χ3v) is 4.97. The molecule has 1 saturated heterocycles. The topological polar surface area (TPSA) is 38.1 Å². The Hall–Kier alpha value is -1.37. The summed E-state index contributed by atoms with van der Waals surface area (Å²) in [6.45, 7) is 2.71. The summed E-state index contributed by atoms with van der Waals surface area (Å²) in [7, 11) is 0. The van der Waals surface area contributed by atoms with Crippen molar-refractivity contribution in [2.45, 2.75) is 19.4 Å². The highest BCUT2D eigenvalue weighted by molar-refractivity contribution is 14.1. The predicted octanol–water partition coefficient (Wildman–Crippen LogP) is 3.04. The van der Waals surface area contributed by atoms with Crippen LogP contribution in [0.1, 0.15) is 23.2 Å². The Bertz CT molecular complexity index is 604. The molecule has 110 valence electrons. The van der Waals surface area contributed by atoms with Crippen molar-refractivity contribution in [3.8, 4) is 0 Å². The standard InChI is InChI=1S/C16H18IN3O/c17-15-4-2-1-3-14(15)16(21)20-8-5-13(6-9-20)11-19-10-7-18-12-19/h1-4,7,10,12-13H,5-6,8-9,11H2. The van der Waals surface area contributed by atoms with E-state index in [0.29, 0.717) is 5.92 Å². The maximum Gasteiger partial charge on any atom is 0.254 e. The number of imidazole rings is 1. The molecule has 0 saturated carbocycles. The fraction of sp³-hybridized carbons (Fsp3) is 0.375. The molecule has 1 fully saturated rings. The van der Waals surface area contributed by atoms with Gasteiger partial charge in [0, 0.05) is 35.6 Å². The predicted molar refractivity (Wildman–Crippen MR) is 90.0 cm³/mol. The van der Waals surface area contributed by atoms with E-state index in [1.54, 1.807) is 0 Å². The van der Waals surface area contributed by atoms with Crippen LogP contribution in [0, 0.1) is 9.49 Å². The van der Waals surface area contributed by atoms with Crippen LogP contribution in [0.4, 0.5) is 0 Å². The molecule has 0 unspecified atom stereocenters. The first-order chi connectivity index (χ1) is 10.2. The van der Waals surface area contributed by atoms with Crippen LogP contribution >= 0.6 is 22.6 Å².